The van der Waals surface area contributed by atoms with Gasteiger partial charge in [-0.1, -0.05) is 13.0 Å². The van der Waals surface area contributed by atoms with E-state index in [1.54, 1.807) is 19.2 Å². The summed E-state index contributed by atoms with van der Waals surface area (Å²) in [5.41, 5.74) is 3.27. The predicted octanol–water partition coefficient (Wildman–Crippen LogP) is 3.78. The second kappa shape index (κ2) is 9.27. The average Bonchev–Trinajstić information content (AvgIpc) is 2.74. The smallest absolute Gasteiger partial charge is 0.251 e. The number of piperazine rings is 1. The van der Waals surface area contributed by atoms with Gasteiger partial charge in [0.05, 0.1) is 13.2 Å². The van der Waals surface area contributed by atoms with Gasteiger partial charge in [0.2, 0.25) is 0 Å². The Labute approximate surface area is 172 Å². The van der Waals surface area contributed by atoms with E-state index in [2.05, 4.69) is 22.0 Å². The molecule has 2 aromatic rings. The minimum Gasteiger partial charge on any atom is -0.496 e. The molecule has 0 radical (unpaired) electrons. The highest BCUT2D eigenvalue weighted by Gasteiger charge is 2.22. The van der Waals surface area contributed by atoms with E-state index in [-0.39, 0.29) is 17.8 Å². The lowest BCUT2D eigenvalue weighted by atomic mass is 10.0. The Morgan fingerprint density at radius 3 is 2.55 bits per heavy atom. The molecular formula is C23H30FN3O2. The minimum atomic E-state index is -0.329. The molecule has 1 atom stereocenters. The molecule has 3 rings (SSSR count). The highest BCUT2D eigenvalue weighted by atomic mass is 19.1. The second-order valence-corrected chi connectivity index (χ2v) is 7.50. The highest BCUT2D eigenvalue weighted by Crippen LogP contribution is 2.29. The van der Waals surface area contributed by atoms with Crippen molar-refractivity contribution >= 4 is 11.6 Å². The fourth-order valence-corrected chi connectivity index (χ4v) is 3.78. The van der Waals surface area contributed by atoms with Crippen LogP contribution in [0.15, 0.2) is 36.4 Å². The van der Waals surface area contributed by atoms with E-state index in [0.717, 1.165) is 49.5 Å². The molecule has 2 aromatic carbocycles. The van der Waals surface area contributed by atoms with Crippen LogP contribution in [-0.4, -0.2) is 50.6 Å². The number of rotatable bonds is 6. The zero-order valence-electron chi connectivity index (χ0n) is 17.7. The van der Waals surface area contributed by atoms with Crippen molar-refractivity contribution in [2.75, 3.05) is 44.7 Å². The van der Waals surface area contributed by atoms with Crippen molar-refractivity contribution < 1.29 is 13.9 Å². The van der Waals surface area contributed by atoms with E-state index in [4.69, 9.17) is 4.74 Å². The number of nitrogens with one attached hydrogen (secondary N) is 1. The molecule has 29 heavy (non-hydrogen) atoms. The molecule has 0 aliphatic carbocycles. The zero-order valence-corrected chi connectivity index (χ0v) is 17.7. The van der Waals surface area contributed by atoms with Crippen molar-refractivity contribution in [1.82, 2.24) is 10.2 Å². The maximum Gasteiger partial charge on any atom is 0.251 e. The average molecular weight is 400 g/mol. The quantitative estimate of drug-likeness (QED) is 0.803. The van der Waals surface area contributed by atoms with Crippen LogP contribution in [0.1, 0.15) is 41.4 Å². The van der Waals surface area contributed by atoms with Gasteiger partial charge in [0, 0.05) is 43.0 Å². The van der Waals surface area contributed by atoms with Crippen molar-refractivity contribution in [1.29, 1.82) is 0 Å². The number of halogens is 1. The third-order valence-electron chi connectivity index (χ3n) is 5.63. The van der Waals surface area contributed by atoms with E-state index in [9.17, 15) is 9.18 Å². The molecule has 0 bridgehead atoms. The molecular weight excluding hydrogens is 369 g/mol. The number of hydrogen-bond acceptors (Lipinski definition) is 4. The van der Waals surface area contributed by atoms with Gasteiger partial charge in [0.25, 0.3) is 5.91 Å². The van der Waals surface area contributed by atoms with Crippen LogP contribution in [0, 0.1) is 12.7 Å². The Morgan fingerprint density at radius 2 is 1.90 bits per heavy atom. The van der Waals surface area contributed by atoms with Gasteiger partial charge in [-0.3, -0.25) is 4.79 Å². The van der Waals surface area contributed by atoms with Crippen LogP contribution in [0.2, 0.25) is 0 Å². The number of hydrogen-bond donors (Lipinski definition) is 1. The number of carbonyl (C=O) groups is 1. The lowest BCUT2D eigenvalue weighted by molar-refractivity contribution is 0.0939. The Hall–Kier alpha value is -2.60. The lowest BCUT2D eigenvalue weighted by Gasteiger charge is -2.37. The van der Waals surface area contributed by atoms with Gasteiger partial charge in [-0.05, 0) is 56.3 Å². The summed E-state index contributed by atoms with van der Waals surface area (Å²) in [6.45, 7) is 10.8. The Kier molecular flexibility index (Phi) is 6.75. The molecule has 1 aliphatic rings. The molecule has 1 N–H and O–H groups in total. The van der Waals surface area contributed by atoms with E-state index >= 15 is 0 Å². The summed E-state index contributed by atoms with van der Waals surface area (Å²) >= 11 is 0. The number of nitrogens with zero attached hydrogens (tertiary/aromatic N) is 2. The lowest BCUT2D eigenvalue weighted by Crippen LogP contribution is -2.46. The van der Waals surface area contributed by atoms with Crippen LogP contribution in [0.25, 0.3) is 0 Å². The predicted molar refractivity (Wildman–Crippen MR) is 114 cm³/mol. The monoisotopic (exact) mass is 399 g/mol. The third kappa shape index (κ3) is 4.88. The normalized spacial score (nSPS) is 15.8. The number of methoxy groups -OCH3 is 1. The molecule has 6 heteroatoms. The number of likely N-dealkylation sites (N-methyl/N-ethyl adjacent to an activating group) is 1. The number of amides is 1. The van der Waals surface area contributed by atoms with Gasteiger partial charge in [-0.15, -0.1) is 0 Å². The molecule has 156 valence electrons. The van der Waals surface area contributed by atoms with Crippen molar-refractivity contribution in [2.45, 2.75) is 26.8 Å². The summed E-state index contributed by atoms with van der Waals surface area (Å²) in [7, 11) is 1.59. The van der Waals surface area contributed by atoms with E-state index < -0.39 is 0 Å². The standard InChI is InChI=1S/C23H30FN3O2/c1-5-26-10-12-27(13-11-26)21-9-8-19(24)15-20(21)17(3)25-23(28)18-7-6-16(2)22(14-18)29-4/h6-9,14-15,17H,5,10-13H2,1-4H3,(H,25,28). The van der Waals surface area contributed by atoms with Crippen LogP contribution in [0.4, 0.5) is 10.1 Å². The van der Waals surface area contributed by atoms with Crippen molar-refractivity contribution in [3.05, 3.63) is 58.9 Å². The first kappa shape index (κ1) is 21.1. The third-order valence-corrected chi connectivity index (χ3v) is 5.63. The fourth-order valence-electron chi connectivity index (χ4n) is 3.78. The van der Waals surface area contributed by atoms with Gasteiger partial charge in [-0.25, -0.2) is 4.39 Å². The van der Waals surface area contributed by atoms with Gasteiger partial charge in [0.15, 0.2) is 0 Å². The number of carbonyl (C=O) groups excluding carboxylic acids is 1. The number of aryl methyl sites for hydroxylation is 1. The van der Waals surface area contributed by atoms with E-state index in [1.807, 2.05) is 26.0 Å². The maximum absolute atomic E-state index is 14.0. The van der Waals surface area contributed by atoms with Crippen molar-refractivity contribution in [3.63, 3.8) is 0 Å². The Balaban J connectivity index is 1.79. The summed E-state index contributed by atoms with van der Waals surface area (Å²) in [4.78, 5) is 17.5. The number of benzene rings is 2. The van der Waals surface area contributed by atoms with Crippen LogP contribution < -0.4 is 15.0 Å². The molecule has 1 aliphatic heterocycles. The summed E-state index contributed by atoms with van der Waals surface area (Å²) < 4.78 is 19.4. The first-order chi connectivity index (χ1) is 13.9. The Morgan fingerprint density at radius 1 is 1.17 bits per heavy atom. The van der Waals surface area contributed by atoms with Gasteiger partial charge >= 0.3 is 0 Å². The second-order valence-electron chi connectivity index (χ2n) is 7.50. The summed E-state index contributed by atoms with van der Waals surface area (Å²) in [5, 5.41) is 3.01. The van der Waals surface area contributed by atoms with E-state index in [1.165, 1.54) is 12.1 Å². The fraction of sp³-hybridized carbons (Fsp3) is 0.435. The summed E-state index contributed by atoms with van der Waals surface area (Å²) in [6, 6.07) is 9.88. The number of anilines is 1. The largest absolute Gasteiger partial charge is 0.496 e. The molecule has 0 spiro atoms. The molecule has 1 heterocycles. The maximum atomic E-state index is 14.0. The van der Waals surface area contributed by atoms with Crippen molar-refractivity contribution in [3.8, 4) is 5.75 Å². The van der Waals surface area contributed by atoms with Crippen LogP contribution >= 0.6 is 0 Å². The molecule has 0 aromatic heterocycles. The number of ether oxygens (including phenoxy) is 1. The van der Waals surface area contributed by atoms with Crippen LogP contribution in [-0.2, 0) is 0 Å². The SMILES string of the molecule is CCN1CCN(c2ccc(F)cc2C(C)NC(=O)c2ccc(C)c(OC)c2)CC1. The molecule has 1 saturated heterocycles. The van der Waals surface area contributed by atoms with Crippen molar-refractivity contribution in [2.24, 2.45) is 0 Å². The molecule has 0 saturated carbocycles. The molecule has 1 fully saturated rings. The van der Waals surface area contributed by atoms with Gasteiger partial charge in [0.1, 0.15) is 11.6 Å². The summed E-state index contributed by atoms with van der Waals surface area (Å²) in [6.07, 6.45) is 0. The van der Waals surface area contributed by atoms with Crippen LogP contribution in [0.3, 0.4) is 0 Å². The Bertz CT molecular complexity index is 863. The minimum absolute atomic E-state index is 0.207. The van der Waals surface area contributed by atoms with Crippen LogP contribution in [0.5, 0.6) is 5.75 Å². The first-order valence-electron chi connectivity index (χ1n) is 10.1. The molecule has 5 nitrogen and oxygen atoms in total. The van der Waals surface area contributed by atoms with E-state index in [0.29, 0.717) is 11.3 Å². The highest BCUT2D eigenvalue weighted by molar-refractivity contribution is 5.95. The summed E-state index contributed by atoms with van der Waals surface area (Å²) in [5.74, 6) is 0.168. The zero-order chi connectivity index (χ0) is 21.0. The van der Waals surface area contributed by atoms with Gasteiger partial charge in [-0.2, -0.15) is 0 Å². The molecule has 1 unspecified atom stereocenters. The first-order valence-corrected chi connectivity index (χ1v) is 10.1. The van der Waals surface area contributed by atoms with Gasteiger partial charge < -0.3 is 19.9 Å². The topological polar surface area (TPSA) is 44.8 Å². The molecule has 1 amide bonds.